The predicted molar refractivity (Wildman–Crippen MR) is 71.9 cm³/mol. The molecule has 90 valence electrons. The van der Waals surface area contributed by atoms with Gasteiger partial charge in [-0.1, -0.05) is 25.5 Å². The van der Waals surface area contributed by atoms with Crippen LogP contribution in [0.1, 0.15) is 25.8 Å². The van der Waals surface area contributed by atoms with E-state index in [-0.39, 0.29) is 0 Å². The zero-order valence-electron chi connectivity index (χ0n) is 10.7. The van der Waals surface area contributed by atoms with Crippen LogP contribution in [0.25, 0.3) is 0 Å². The van der Waals surface area contributed by atoms with Gasteiger partial charge in [0.25, 0.3) is 0 Å². The van der Waals surface area contributed by atoms with E-state index in [2.05, 4.69) is 49.9 Å². The molecule has 2 nitrogen and oxygen atoms in total. The highest BCUT2D eigenvalue weighted by atomic mass is 15.1. The topological polar surface area (TPSA) is 29.3 Å². The SMILES string of the molecule is CCC(CN)CN(CC)c1cccc(C)c1. The average Bonchev–Trinajstić information content (AvgIpc) is 2.31. The van der Waals surface area contributed by atoms with E-state index < -0.39 is 0 Å². The van der Waals surface area contributed by atoms with Gasteiger partial charge < -0.3 is 10.6 Å². The molecule has 0 aliphatic heterocycles. The molecule has 0 fully saturated rings. The number of hydrogen-bond acceptors (Lipinski definition) is 2. The van der Waals surface area contributed by atoms with Gasteiger partial charge in [-0.15, -0.1) is 0 Å². The summed E-state index contributed by atoms with van der Waals surface area (Å²) >= 11 is 0. The number of aryl methyl sites for hydroxylation is 1. The minimum absolute atomic E-state index is 0.598. The number of nitrogens with zero attached hydrogens (tertiary/aromatic N) is 1. The number of nitrogens with two attached hydrogens (primary N) is 1. The Morgan fingerprint density at radius 3 is 2.56 bits per heavy atom. The van der Waals surface area contributed by atoms with E-state index in [1.807, 2.05) is 0 Å². The van der Waals surface area contributed by atoms with Crippen LogP contribution in [-0.4, -0.2) is 19.6 Å². The van der Waals surface area contributed by atoms with E-state index in [1.165, 1.54) is 11.3 Å². The molecule has 1 aromatic carbocycles. The fraction of sp³-hybridized carbons (Fsp3) is 0.571. The summed E-state index contributed by atoms with van der Waals surface area (Å²) < 4.78 is 0. The number of anilines is 1. The van der Waals surface area contributed by atoms with Gasteiger partial charge in [-0.2, -0.15) is 0 Å². The van der Waals surface area contributed by atoms with E-state index in [0.717, 1.165) is 26.1 Å². The van der Waals surface area contributed by atoms with Crippen molar-refractivity contribution in [2.75, 3.05) is 24.5 Å². The lowest BCUT2D eigenvalue weighted by Gasteiger charge is -2.27. The predicted octanol–water partition coefficient (Wildman–Crippen LogP) is 2.81. The summed E-state index contributed by atoms with van der Waals surface area (Å²) in [6.07, 6.45) is 1.15. The fourth-order valence-corrected chi connectivity index (χ4v) is 1.92. The third-order valence-electron chi connectivity index (χ3n) is 3.14. The van der Waals surface area contributed by atoms with Crippen LogP contribution in [0.4, 0.5) is 5.69 Å². The minimum atomic E-state index is 0.598. The summed E-state index contributed by atoms with van der Waals surface area (Å²) in [6.45, 7) is 9.43. The van der Waals surface area contributed by atoms with Crippen molar-refractivity contribution < 1.29 is 0 Å². The van der Waals surface area contributed by atoms with Crippen molar-refractivity contribution in [1.82, 2.24) is 0 Å². The molecule has 0 aliphatic rings. The van der Waals surface area contributed by atoms with E-state index in [0.29, 0.717) is 5.92 Å². The molecule has 0 aromatic heterocycles. The minimum Gasteiger partial charge on any atom is -0.371 e. The van der Waals surface area contributed by atoms with Crippen LogP contribution < -0.4 is 10.6 Å². The second kappa shape index (κ2) is 6.54. The Labute approximate surface area is 99.5 Å². The lowest BCUT2D eigenvalue weighted by molar-refractivity contribution is 0.512. The molecule has 0 saturated heterocycles. The van der Waals surface area contributed by atoms with Crippen molar-refractivity contribution in [3.63, 3.8) is 0 Å². The van der Waals surface area contributed by atoms with Crippen LogP contribution in [-0.2, 0) is 0 Å². The molecular weight excluding hydrogens is 196 g/mol. The van der Waals surface area contributed by atoms with E-state index >= 15 is 0 Å². The third kappa shape index (κ3) is 3.53. The highest BCUT2D eigenvalue weighted by Gasteiger charge is 2.10. The van der Waals surface area contributed by atoms with Crippen molar-refractivity contribution in [2.45, 2.75) is 27.2 Å². The Hall–Kier alpha value is -1.02. The Balaban J connectivity index is 2.74. The molecule has 1 rings (SSSR count). The summed E-state index contributed by atoms with van der Waals surface area (Å²) in [4.78, 5) is 2.41. The quantitative estimate of drug-likeness (QED) is 0.798. The van der Waals surface area contributed by atoms with Gasteiger partial charge in [0.1, 0.15) is 0 Å². The average molecular weight is 220 g/mol. The molecule has 0 spiro atoms. The maximum absolute atomic E-state index is 5.77. The molecule has 0 saturated carbocycles. The third-order valence-corrected chi connectivity index (χ3v) is 3.14. The fourth-order valence-electron chi connectivity index (χ4n) is 1.92. The summed E-state index contributed by atoms with van der Waals surface area (Å²) in [5, 5.41) is 0. The van der Waals surface area contributed by atoms with Crippen LogP contribution in [0.15, 0.2) is 24.3 Å². The van der Waals surface area contributed by atoms with E-state index in [4.69, 9.17) is 5.73 Å². The molecule has 0 amide bonds. The number of hydrogen-bond donors (Lipinski definition) is 1. The van der Waals surface area contributed by atoms with E-state index in [1.54, 1.807) is 0 Å². The van der Waals surface area contributed by atoms with E-state index in [9.17, 15) is 0 Å². The maximum Gasteiger partial charge on any atom is 0.0368 e. The van der Waals surface area contributed by atoms with Crippen LogP contribution in [0.5, 0.6) is 0 Å². The van der Waals surface area contributed by atoms with Gasteiger partial charge >= 0.3 is 0 Å². The van der Waals surface area contributed by atoms with Crippen LogP contribution in [0, 0.1) is 12.8 Å². The first-order valence-electron chi connectivity index (χ1n) is 6.22. The molecule has 16 heavy (non-hydrogen) atoms. The molecular formula is C14H24N2. The van der Waals surface area contributed by atoms with Gasteiger partial charge in [0.05, 0.1) is 0 Å². The van der Waals surface area contributed by atoms with Crippen molar-refractivity contribution in [3.05, 3.63) is 29.8 Å². The molecule has 0 aliphatic carbocycles. The van der Waals surface area contributed by atoms with Crippen molar-refractivity contribution in [1.29, 1.82) is 0 Å². The molecule has 0 bridgehead atoms. The molecule has 2 heteroatoms. The summed E-state index contributed by atoms with van der Waals surface area (Å²) in [6, 6.07) is 8.68. The first-order valence-corrected chi connectivity index (χ1v) is 6.22. The molecule has 0 heterocycles. The summed E-state index contributed by atoms with van der Waals surface area (Å²) in [5.41, 5.74) is 8.40. The molecule has 2 N–H and O–H groups in total. The van der Waals surface area contributed by atoms with Crippen LogP contribution in [0.2, 0.25) is 0 Å². The molecule has 1 atom stereocenters. The van der Waals surface area contributed by atoms with Gasteiger partial charge in [0.15, 0.2) is 0 Å². The highest BCUT2D eigenvalue weighted by molar-refractivity contribution is 5.48. The Kier molecular flexibility index (Phi) is 5.33. The first kappa shape index (κ1) is 13.0. The van der Waals surface area contributed by atoms with Crippen LogP contribution >= 0.6 is 0 Å². The standard InChI is InChI=1S/C14H24N2/c1-4-13(10-15)11-16(5-2)14-8-6-7-12(3)9-14/h6-9,13H,4-5,10-11,15H2,1-3H3. The molecule has 0 radical (unpaired) electrons. The normalized spacial score (nSPS) is 12.5. The largest absolute Gasteiger partial charge is 0.371 e. The lowest BCUT2D eigenvalue weighted by atomic mass is 10.1. The Morgan fingerprint density at radius 1 is 1.31 bits per heavy atom. The zero-order chi connectivity index (χ0) is 12.0. The maximum atomic E-state index is 5.77. The Morgan fingerprint density at radius 2 is 2.06 bits per heavy atom. The smallest absolute Gasteiger partial charge is 0.0368 e. The second-order valence-corrected chi connectivity index (χ2v) is 4.39. The van der Waals surface area contributed by atoms with Gasteiger partial charge in [-0.25, -0.2) is 0 Å². The van der Waals surface area contributed by atoms with Crippen molar-refractivity contribution in [2.24, 2.45) is 11.7 Å². The lowest BCUT2D eigenvalue weighted by Crippen LogP contribution is -2.32. The van der Waals surface area contributed by atoms with Crippen LogP contribution in [0.3, 0.4) is 0 Å². The van der Waals surface area contributed by atoms with Crippen molar-refractivity contribution in [3.8, 4) is 0 Å². The van der Waals surface area contributed by atoms with Gasteiger partial charge in [0, 0.05) is 18.8 Å². The van der Waals surface area contributed by atoms with Gasteiger partial charge in [-0.3, -0.25) is 0 Å². The van der Waals surface area contributed by atoms with Gasteiger partial charge in [-0.05, 0) is 44.0 Å². The Bertz CT molecular complexity index is 305. The first-order chi connectivity index (χ1) is 7.71. The summed E-state index contributed by atoms with van der Waals surface area (Å²) in [7, 11) is 0. The highest BCUT2D eigenvalue weighted by Crippen LogP contribution is 2.17. The second-order valence-electron chi connectivity index (χ2n) is 4.39. The molecule has 1 unspecified atom stereocenters. The number of benzene rings is 1. The van der Waals surface area contributed by atoms with Gasteiger partial charge in [0.2, 0.25) is 0 Å². The monoisotopic (exact) mass is 220 g/mol. The summed E-state index contributed by atoms with van der Waals surface area (Å²) in [5.74, 6) is 0.598. The zero-order valence-corrected chi connectivity index (χ0v) is 10.7. The van der Waals surface area contributed by atoms with Crippen molar-refractivity contribution >= 4 is 5.69 Å². The number of rotatable bonds is 6. The molecule has 1 aromatic rings.